The van der Waals surface area contributed by atoms with Crippen LogP contribution in [-0.2, 0) is 30.6 Å². The molecule has 2 aromatic heterocycles. The van der Waals surface area contributed by atoms with Crippen molar-refractivity contribution >= 4 is 16.9 Å². The van der Waals surface area contributed by atoms with Gasteiger partial charge < -0.3 is 19.2 Å². The summed E-state index contributed by atoms with van der Waals surface area (Å²) in [5.74, 6) is 0.956. The number of carbonyl (C=O) groups is 1. The molecule has 1 aliphatic carbocycles. The van der Waals surface area contributed by atoms with Gasteiger partial charge in [0, 0.05) is 36.1 Å². The van der Waals surface area contributed by atoms with Crippen LogP contribution in [0.15, 0.2) is 39.8 Å². The average molecular weight is 449 g/mol. The van der Waals surface area contributed by atoms with Crippen LogP contribution in [0.2, 0.25) is 0 Å². The van der Waals surface area contributed by atoms with E-state index >= 15 is 0 Å². The van der Waals surface area contributed by atoms with E-state index in [4.69, 9.17) is 13.9 Å². The number of amides is 1. The zero-order chi connectivity index (χ0) is 23.0. The fourth-order valence-corrected chi connectivity index (χ4v) is 4.72. The zero-order valence-corrected chi connectivity index (χ0v) is 19.0. The van der Waals surface area contributed by atoms with Crippen LogP contribution >= 0.6 is 0 Å². The highest BCUT2D eigenvalue weighted by atomic mass is 16.5. The summed E-state index contributed by atoms with van der Waals surface area (Å²) in [6.45, 7) is 4.33. The first-order valence-corrected chi connectivity index (χ1v) is 11.5. The number of hydrogen-bond donors (Lipinski definition) is 1. The number of rotatable bonds is 5. The Hall–Kier alpha value is -3.35. The lowest BCUT2D eigenvalue weighted by Gasteiger charge is -2.33. The van der Waals surface area contributed by atoms with Gasteiger partial charge >= 0.3 is 5.63 Å². The van der Waals surface area contributed by atoms with Crippen LogP contribution in [0.4, 0.5) is 0 Å². The number of aryl methyl sites for hydroxylation is 2. The minimum absolute atomic E-state index is 0.143. The lowest BCUT2D eigenvalue weighted by atomic mass is 9.87. The Kier molecular flexibility index (Phi) is 5.56. The molecular weight excluding hydrogens is 420 g/mol. The fraction of sp³-hybridized carbons (Fsp3) is 0.423. The van der Waals surface area contributed by atoms with Crippen molar-refractivity contribution in [3.63, 3.8) is 0 Å². The highest BCUT2D eigenvalue weighted by Crippen LogP contribution is 2.44. The van der Waals surface area contributed by atoms with E-state index in [0.717, 1.165) is 59.7 Å². The van der Waals surface area contributed by atoms with Gasteiger partial charge in [-0.15, -0.1) is 0 Å². The Balaban J connectivity index is 1.49. The van der Waals surface area contributed by atoms with E-state index in [2.05, 4.69) is 10.3 Å². The molecule has 1 aliphatic heterocycles. The second kappa shape index (κ2) is 8.54. The number of benzene rings is 1. The number of ether oxygens (including phenoxy) is 2. The molecule has 172 valence electrons. The maximum absolute atomic E-state index is 12.8. The summed E-state index contributed by atoms with van der Waals surface area (Å²) in [5.41, 5.74) is 3.55. The fourth-order valence-electron chi connectivity index (χ4n) is 4.72. The Bertz CT molecular complexity index is 1260. The molecule has 0 saturated carbocycles. The molecule has 0 unspecified atom stereocenters. The molecule has 0 bridgehead atoms. The standard InChI is InChI=1S/C26H28N2O5/c1-26(2)10-7-19-20(33-26)13-21(31-15-22(29)28-14-16-8-11-27-12-9-16)23-17-5-3-4-6-18(17)25(30)32-24(19)23/h8-9,11-13H,3-7,10,14-15H2,1-2H3,(H,28,29). The molecule has 0 saturated heterocycles. The number of pyridine rings is 1. The monoisotopic (exact) mass is 448 g/mol. The average Bonchev–Trinajstić information content (AvgIpc) is 2.81. The zero-order valence-electron chi connectivity index (χ0n) is 19.0. The predicted octanol–water partition coefficient (Wildman–Crippen LogP) is 3.87. The van der Waals surface area contributed by atoms with Gasteiger partial charge in [0.05, 0.1) is 5.39 Å². The number of aromatic nitrogens is 1. The van der Waals surface area contributed by atoms with Crippen LogP contribution in [0.1, 0.15) is 55.4 Å². The Morgan fingerprint density at radius 2 is 1.88 bits per heavy atom. The summed E-state index contributed by atoms with van der Waals surface area (Å²) in [4.78, 5) is 29.3. The Morgan fingerprint density at radius 3 is 2.67 bits per heavy atom. The molecule has 0 radical (unpaired) electrons. The third-order valence-electron chi connectivity index (χ3n) is 6.48. The molecule has 5 rings (SSSR count). The van der Waals surface area contributed by atoms with Gasteiger partial charge in [0.15, 0.2) is 6.61 Å². The van der Waals surface area contributed by atoms with Crippen molar-refractivity contribution in [3.05, 3.63) is 63.3 Å². The summed E-state index contributed by atoms with van der Waals surface area (Å²) >= 11 is 0. The maximum Gasteiger partial charge on any atom is 0.339 e. The lowest BCUT2D eigenvalue weighted by Crippen LogP contribution is -2.33. The largest absolute Gasteiger partial charge is 0.487 e. The van der Waals surface area contributed by atoms with Gasteiger partial charge in [-0.1, -0.05) is 0 Å². The molecule has 3 heterocycles. The van der Waals surface area contributed by atoms with Crippen molar-refractivity contribution in [2.75, 3.05) is 6.61 Å². The number of fused-ring (bicyclic) bond motifs is 5. The minimum atomic E-state index is -0.325. The third kappa shape index (κ3) is 4.32. The molecule has 0 atom stereocenters. The van der Waals surface area contributed by atoms with Crippen molar-refractivity contribution in [2.24, 2.45) is 0 Å². The van der Waals surface area contributed by atoms with Crippen molar-refractivity contribution in [1.29, 1.82) is 0 Å². The SMILES string of the molecule is CC1(C)CCc2c(cc(OCC(=O)NCc3ccncc3)c3c4c(c(=O)oc23)CCCC4)O1. The molecule has 1 N–H and O–H groups in total. The smallest absolute Gasteiger partial charge is 0.339 e. The number of carbonyl (C=O) groups excluding carboxylic acids is 1. The van der Waals surface area contributed by atoms with Gasteiger partial charge in [-0.2, -0.15) is 0 Å². The first-order valence-electron chi connectivity index (χ1n) is 11.5. The van der Waals surface area contributed by atoms with Gasteiger partial charge in [-0.05, 0) is 75.6 Å². The third-order valence-corrected chi connectivity index (χ3v) is 6.48. The molecule has 2 aliphatic rings. The molecule has 1 aromatic carbocycles. The van der Waals surface area contributed by atoms with E-state index in [1.54, 1.807) is 12.4 Å². The van der Waals surface area contributed by atoms with E-state index in [0.29, 0.717) is 30.0 Å². The first kappa shape index (κ1) is 21.5. The predicted molar refractivity (Wildman–Crippen MR) is 124 cm³/mol. The van der Waals surface area contributed by atoms with Crippen LogP contribution in [0.3, 0.4) is 0 Å². The summed E-state index contributed by atoms with van der Waals surface area (Å²) in [6.07, 6.45) is 8.45. The second-order valence-corrected chi connectivity index (χ2v) is 9.39. The lowest BCUT2D eigenvalue weighted by molar-refractivity contribution is -0.123. The quantitative estimate of drug-likeness (QED) is 0.596. The van der Waals surface area contributed by atoms with Gasteiger partial charge in [0.2, 0.25) is 0 Å². The molecule has 0 spiro atoms. The van der Waals surface area contributed by atoms with E-state index in [-0.39, 0.29) is 23.7 Å². The van der Waals surface area contributed by atoms with E-state index in [9.17, 15) is 9.59 Å². The van der Waals surface area contributed by atoms with Crippen LogP contribution < -0.4 is 20.4 Å². The highest BCUT2D eigenvalue weighted by molar-refractivity contribution is 5.92. The molecular formula is C26H28N2O5. The van der Waals surface area contributed by atoms with Crippen LogP contribution in [0.25, 0.3) is 11.0 Å². The first-order chi connectivity index (χ1) is 15.9. The second-order valence-electron chi connectivity index (χ2n) is 9.39. The van der Waals surface area contributed by atoms with Crippen molar-refractivity contribution in [3.8, 4) is 11.5 Å². The van der Waals surface area contributed by atoms with Gasteiger partial charge in [0.25, 0.3) is 5.91 Å². The van der Waals surface area contributed by atoms with Crippen molar-refractivity contribution < 1.29 is 18.7 Å². The summed E-state index contributed by atoms with van der Waals surface area (Å²) in [5, 5.41) is 3.68. The Labute approximate surface area is 192 Å². The summed E-state index contributed by atoms with van der Waals surface area (Å²) in [7, 11) is 0. The van der Waals surface area contributed by atoms with Crippen molar-refractivity contribution in [1.82, 2.24) is 10.3 Å². The topological polar surface area (TPSA) is 90.7 Å². The number of nitrogens with zero attached hydrogens (tertiary/aromatic N) is 1. The van der Waals surface area contributed by atoms with E-state index < -0.39 is 0 Å². The number of hydrogen-bond acceptors (Lipinski definition) is 6. The molecule has 3 aromatic rings. The number of nitrogens with one attached hydrogen (secondary N) is 1. The maximum atomic E-state index is 12.8. The van der Waals surface area contributed by atoms with Gasteiger partial charge in [-0.3, -0.25) is 9.78 Å². The molecule has 7 nitrogen and oxygen atoms in total. The Morgan fingerprint density at radius 1 is 1.12 bits per heavy atom. The minimum Gasteiger partial charge on any atom is -0.487 e. The molecule has 33 heavy (non-hydrogen) atoms. The van der Waals surface area contributed by atoms with Gasteiger partial charge in [-0.25, -0.2) is 4.79 Å². The molecule has 1 amide bonds. The van der Waals surface area contributed by atoms with Crippen molar-refractivity contribution in [2.45, 2.75) is 64.5 Å². The van der Waals surface area contributed by atoms with Gasteiger partial charge in [0.1, 0.15) is 22.7 Å². The van der Waals surface area contributed by atoms with E-state index in [1.165, 1.54) is 0 Å². The highest BCUT2D eigenvalue weighted by Gasteiger charge is 2.32. The van der Waals surface area contributed by atoms with E-state index in [1.807, 2.05) is 32.0 Å². The van der Waals surface area contributed by atoms with Crippen LogP contribution in [0, 0.1) is 0 Å². The normalized spacial score (nSPS) is 16.4. The summed E-state index contributed by atoms with van der Waals surface area (Å²) in [6, 6.07) is 5.57. The van der Waals surface area contributed by atoms with Crippen LogP contribution in [-0.4, -0.2) is 23.1 Å². The molecule has 0 fully saturated rings. The van der Waals surface area contributed by atoms with Crippen LogP contribution in [0.5, 0.6) is 11.5 Å². The summed E-state index contributed by atoms with van der Waals surface area (Å²) < 4.78 is 18.1. The molecule has 7 heteroatoms.